The Labute approximate surface area is 195 Å². The highest BCUT2D eigenvalue weighted by atomic mass is 127. The molecule has 0 saturated heterocycles. The van der Waals surface area contributed by atoms with Crippen molar-refractivity contribution in [3.05, 3.63) is 42.1 Å². The first-order chi connectivity index (χ1) is 14.2. The molecule has 0 aliphatic heterocycles. The minimum atomic E-state index is 0. The number of hydrogen-bond acceptors (Lipinski definition) is 5. The maximum absolute atomic E-state index is 5.99. The van der Waals surface area contributed by atoms with Crippen LogP contribution >= 0.6 is 24.0 Å². The molecule has 0 amide bonds. The van der Waals surface area contributed by atoms with Crippen molar-refractivity contribution in [3.63, 3.8) is 0 Å². The second-order valence-corrected chi connectivity index (χ2v) is 7.00. The van der Waals surface area contributed by atoms with Crippen molar-refractivity contribution in [2.45, 2.75) is 44.8 Å². The van der Waals surface area contributed by atoms with E-state index in [1.807, 2.05) is 36.5 Å². The summed E-state index contributed by atoms with van der Waals surface area (Å²) < 4.78 is 16.6. The highest BCUT2D eigenvalue weighted by molar-refractivity contribution is 14.0. The second kappa shape index (κ2) is 12.5. The van der Waals surface area contributed by atoms with Crippen molar-refractivity contribution < 1.29 is 14.2 Å². The summed E-state index contributed by atoms with van der Waals surface area (Å²) in [5, 5.41) is 6.54. The number of hydrogen-bond donors (Lipinski definition) is 2. The van der Waals surface area contributed by atoms with Crippen molar-refractivity contribution in [2.24, 2.45) is 4.99 Å². The van der Waals surface area contributed by atoms with E-state index in [0.29, 0.717) is 36.0 Å². The number of ether oxygens (including phenoxy) is 3. The van der Waals surface area contributed by atoms with Crippen LogP contribution in [-0.4, -0.2) is 38.3 Å². The maximum Gasteiger partial charge on any atom is 0.213 e. The Morgan fingerprint density at radius 1 is 1.07 bits per heavy atom. The molecular weight excluding hydrogens is 495 g/mol. The van der Waals surface area contributed by atoms with Gasteiger partial charge in [-0.3, -0.25) is 4.99 Å². The van der Waals surface area contributed by atoms with Gasteiger partial charge in [-0.25, -0.2) is 4.98 Å². The molecule has 0 radical (unpaired) electrons. The molecule has 1 saturated carbocycles. The van der Waals surface area contributed by atoms with E-state index < -0.39 is 0 Å². The van der Waals surface area contributed by atoms with Crippen LogP contribution in [0.5, 0.6) is 17.4 Å². The fraction of sp³-hybridized carbons (Fsp3) is 0.455. The van der Waals surface area contributed by atoms with Gasteiger partial charge in [0, 0.05) is 37.6 Å². The van der Waals surface area contributed by atoms with Crippen LogP contribution in [0.1, 0.15) is 37.7 Å². The Morgan fingerprint density at radius 3 is 2.47 bits per heavy atom. The molecule has 1 aliphatic rings. The molecule has 3 rings (SSSR count). The number of aliphatic imine (C=N–C) groups is 1. The van der Waals surface area contributed by atoms with E-state index in [2.05, 4.69) is 20.6 Å². The molecule has 0 atom stereocenters. The lowest BCUT2D eigenvalue weighted by molar-refractivity contribution is 0.148. The van der Waals surface area contributed by atoms with Crippen molar-refractivity contribution in [2.75, 3.05) is 26.6 Å². The monoisotopic (exact) mass is 526 g/mol. The molecular formula is C22H31IN4O3. The Balaban J connectivity index is 0.00000320. The Hall–Kier alpha value is -2.23. The second-order valence-electron chi connectivity index (χ2n) is 7.00. The van der Waals surface area contributed by atoms with Crippen LogP contribution in [0.25, 0.3) is 0 Å². The van der Waals surface area contributed by atoms with Crippen LogP contribution in [0.4, 0.5) is 5.69 Å². The Morgan fingerprint density at radius 2 is 1.83 bits per heavy atom. The largest absolute Gasteiger partial charge is 0.493 e. The summed E-state index contributed by atoms with van der Waals surface area (Å²) in [6.45, 7) is 0.601. The number of pyridine rings is 1. The predicted octanol–water partition coefficient (Wildman–Crippen LogP) is 4.62. The number of nitrogens with one attached hydrogen (secondary N) is 2. The number of guanidine groups is 1. The van der Waals surface area contributed by atoms with Gasteiger partial charge in [-0.05, 0) is 43.4 Å². The van der Waals surface area contributed by atoms with Gasteiger partial charge in [0.15, 0.2) is 17.5 Å². The van der Waals surface area contributed by atoms with E-state index in [-0.39, 0.29) is 24.0 Å². The summed E-state index contributed by atoms with van der Waals surface area (Å²) >= 11 is 0. The Kier molecular flexibility index (Phi) is 9.99. The zero-order valence-corrected chi connectivity index (χ0v) is 20.1. The fourth-order valence-corrected chi connectivity index (χ4v) is 3.35. The van der Waals surface area contributed by atoms with Crippen LogP contribution < -0.4 is 24.8 Å². The van der Waals surface area contributed by atoms with E-state index in [4.69, 9.17) is 14.2 Å². The molecule has 164 valence electrons. The molecule has 7 nitrogen and oxygen atoms in total. The summed E-state index contributed by atoms with van der Waals surface area (Å²) in [5.41, 5.74) is 1.90. The summed E-state index contributed by atoms with van der Waals surface area (Å²) in [6.07, 6.45) is 8.22. The number of anilines is 1. The van der Waals surface area contributed by atoms with E-state index in [9.17, 15) is 0 Å². The third kappa shape index (κ3) is 6.93. The van der Waals surface area contributed by atoms with E-state index >= 15 is 0 Å². The van der Waals surface area contributed by atoms with Gasteiger partial charge < -0.3 is 24.8 Å². The summed E-state index contributed by atoms with van der Waals surface area (Å²) in [5.74, 6) is 2.70. The van der Waals surface area contributed by atoms with Gasteiger partial charge >= 0.3 is 0 Å². The van der Waals surface area contributed by atoms with Crippen LogP contribution in [0.3, 0.4) is 0 Å². The van der Waals surface area contributed by atoms with Crippen molar-refractivity contribution >= 4 is 35.6 Å². The topological polar surface area (TPSA) is 77.0 Å². The average molecular weight is 526 g/mol. The summed E-state index contributed by atoms with van der Waals surface area (Å²) in [7, 11) is 4.96. The molecule has 1 aromatic carbocycles. The standard InChI is InChI=1S/C22H30N4O3.HI/c1-23-22(26-17-10-11-19(27-2)20(13-17)28-3)25-15-16-9-12-21(24-14-16)29-18-7-5-4-6-8-18;/h9-14,18H,4-8,15H2,1-3H3,(H2,23,25,26);1H. The first kappa shape index (κ1) is 24.0. The predicted molar refractivity (Wildman–Crippen MR) is 131 cm³/mol. The minimum absolute atomic E-state index is 0. The van der Waals surface area contributed by atoms with Gasteiger partial charge in [0.05, 0.1) is 14.2 Å². The third-order valence-corrected chi connectivity index (χ3v) is 4.97. The normalized spacial score (nSPS) is 14.4. The quantitative estimate of drug-likeness (QED) is 0.312. The molecule has 1 aliphatic carbocycles. The molecule has 1 fully saturated rings. The van der Waals surface area contributed by atoms with E-state index in [1.165, 1.54) is 19.3 Å². The molecule has 1 aromatic heterocycles. The highest BCUT2D eigenvalue weighted by Crippen LogP contribution is 2.29. The SMILES string of the molecule is CN=C(NCc1ccc(OC2CCCCC2)nc1)Nc1ccc(OC)c(OC)c1.I. The number of rotatable bonds is 7. The zero-order valence-electron chi connectivity index (χ0n) is 17.8. The fourth-order valence-electron chi connectivity index (χ4n) is 3.35. The van der Waals surface area contributed by atoms with Gasteiger partial charge in [-0.1, -0.05) is 12.5 Å². The number of aromatic nitrogens is 1. The summed E-state index contributed by atoms with van der Waals surface area (Å²) in [6, 6.07) is 9.60. The van der Waals surface area contributed by atoms with Gasteiger partial charge in [0.1, 0.15) is 6.10 Å². The first-order valence-electron chi connectivity index (χ1n) is 10.0. The maximum atomic E-state index is 5.99. The van der Waals surface area contributed by atoms with Crippen LogP contribution in [-0.2, 0) is 6.54 Å². The highest BCUT2D eigenvalue weighted by Gasteiger charge is 2.15. The number of methoxy groups -OCH3 is 2. The average Bonchev–Trinajstić information content (AvgIpc) is 2.78. The van der Waals surface area contributed by atoms with Crippen molar-refractivity contribution in [1.29, 1.82) is 0 Å². The van der Waals surface area contributed by atoms with Crippen molar-refractivity contribution in [1.82, 2.24) is 10.3 Å². The Bertz CT molecular complexity index is 809. The molecule has 0 unspecified atom stereocenters. The minimum Gasteiger partial charge on any atom is -0.493 e. The molecule has 1 heterocycles. The summed E-state index contributed by atoms with van der Waals surface area (Å²) in [4.78, 5) is 8.72. The molecule has 2 aromatic rings. The molecule has 30 heavy (non-hydrogen) atoms. The lowest BCUT2D eigenvalue weighted by Crippen LogP contribution is -2.30. The molecule has 0 bridgehead atoms. The molecule has 8 heteroatoms. The van der Waals surface area contributed by atoms with Crippen LogP contribution in [0.2, 0.25) is 0 Å². The van der Waals surface area contributed by atoms with Gasteiger partial charge in [-0.15, -0.1) is 24.0 Å². The van der Waals surface area contributed by atoms with Gasteiger partial charge in [0.25, 0.3) is 0 Å². The van der Waals surface area contributed by atoms with Gasteiger partial charge in [-0.2, -0.15) is 0 Å². The van der Waals surface area contributed by atoms with Gasteiger partial charge in [0.2, 0.25) is 5.88 Å². The number of benzene rings is 1. The van der Waals surface area contributed by atoms with Crippen LogP contribution in [0, 0.1) is 0 Å². The lowest BCUT2D eigenvalue weighted by Gasteiger charge is -2.22. The van der Waals surface area contributed by atoms with Crippen molar-refractivity contribution in [3.8, 4) is 17.4 Å². The number of nitrogens with zero attached hydrogens (tertiary/aromatic N) is 2. The van der Waals surface area contributed by atoms with E-state index in [0.717, 1.165) is 24.1 Å². The smallest absolute Gasteiger partial charge is 0.213 e. The zero-order chi connectivity index (χ0) is 20.5. The van der Waals surface area contributed by atoms with Crippen LogP contribution in [0.15, 0.2) is 41.5 Å². The first-order valence-corrected chi connectivity index (χ1v) is 10.0. The molecule has 0 spiro atoms. The lowest BCUT2D eigenvalue weighted by atomic mass is 9.98. The van der Waals surface area contributed by atoms with E-state index in [1.54, 1.807) is 21.3 Å². The number of halogens is 1. The third-order valence-electron chi connectivity index (χ3n) is 4.97. The molecule has 2 N–H and O–H groups in total.